The van der Waals surface area contributed by atoms with Gasteiger partial charge in [-0.1, -0.05) is 30.3 Å². The third-order valence-corrected chi connectivity index (χ3v) is 5.97. The molecule has 5 nitrogen and oxygen atoms in total. The molecule has 0 bridgehead atoms. The number of hydrogen-bond acceptors (Lipinski definition) is 3. The van der Waals surface area contributed by atoms with Crippen LogP contribution in [0.4, 0.5) is 0 Å². The summed E-state index contributed by atoms with van der Waals surface area (Å²) in [6.45, 7) is 4.59. The summed E-state index contributed by atoms with van der Waals surface area (Å²) in [6.07, 6.45) is 6.53. The van der Waals surface area contributed by atoms with Crippen molar-refractivity contribution in [3.05, 3.63) is 35.9 Å². The number of rotatable bonds is 8. The van der Waals surface area contributed by atoms with E-state index in [1.807, 2.05) is 16.8 Å². The van der Waals surface area contributed by atoms with Crippen molar-refractivity contribution in [1.29, 1.82) is 0 Å². The molecule has 0 saturated carbocycles. The number of aryl methyl sites for hydroxylation is 1. The summed E-state index contributed by atoms with van der Waals surface area (Å²) < 4.78 is 0. The fourth-order valence-electron chi connectivity index (χ4n) is 4.25. The van der Waals surface area contributed by atoms with Gasteiger partial charge in [-0.2, -0.15) is 0 Å². The largest absolute Gasteiger partial charge is 0.342 e. The number of hydrogen-bond donors (Lipinski definition) is 0. The molecule has 1 atom stereocenters. The van der Waals surface area contributed by atoms with E-state index in [-0.39, 0.29) is 11.8 Å². The molecule has 148 valence electrons. The highest BCUT2D eigenvalue weighted by Crippen LogP contribution is 2.17. The van der Waals surface area contributed by atoms with Crippen LogP contribution in [0.15, 0.2) is 30.3 Å². The Morgan fingerprint density at radius 1 is 1.15 bits per heavy atom. The second-order valence-electron chi connectivity index (χ2n) is 7.92. The highest BCUT2D eigenvalue weighted by molar-refractivity contribution is 5.80. The summed E-state index contributed by atoms with van der Waals surface area (Å²) in [5, 5.41) is 0. The normalized spacial score (nSPS) is 20.9. The highest BCUT2D eigenvalue weighted by atomic mass is 16.2. The second-order valence-corrected chi connectivity index (χ2v) is 7.92. The first-order valence-electron chi connectivity index (χ1n) is 10.4. The summed E-state index contributed by atoms with van der Waals surface area (Å²) in [5.41, 5.74) is 1.40. The van der Waals surface area contributed by atoms with E-state index in [0.29, 0.717) is 25.4 Å². The van der Waals surface area contributed by atoms with Crippen LogP contribution in [0.5, 0.6) is 0 Å². The van der Waals surface area contributed by atoms with Crippen LogP contribution in [0.25, 0.3) is 0 Å². The number of benzene rings is 1. The number of carbonyl (C=O) groups is 2. The first-order valence-corrected chi connectivity index (χ1v) is 10.4. The van der Waals surface area contributed by atoms with Gasteiger partial charge in [0.2, 0.25) is 11.8 Å². The predicted octanol–water partition coefficient (Wildman–Crippen LogP) is 2.55. The van der Waals surface area contributed by atoms with Gasteiger partial charge in [-0.25, -0.2) is 0 Å². The Labute approximate surface area is 163 Å². The Bertz CT molecular complexity index is 619. The summed E-state index contributed by atoms with van der Waals surface area (Å²) in [5.74, 6) is 0.374. The van der Waals surface area contributed by atoms with E-state index in [0.717, 1.165) is 58.3 Å². The minimum Gasteiger partial charge on any atom is -0.342 e. The van der Waals surface area contributed by atoms with Crippen LogP contribution in [-0.2, 0) is 16.0 Å². The molecule has 0 aromatic heterocycles. The minimum absolute atomic E-state index is 0.172. The van der Waals surface area contributed by atoms with E-state index in [1.54, 1.807) is 0 Å². The van der Waals surface area contributed by atoms with Crippen molar-refractivity contribution in [2.75, 3.05) is 39.8 Å². The maximum absolute atomic E-state index is 12.6. The van der Waals surface area contributed by atoms with E-state index in [2.05, 4.69) is 35.2 Å². The molecule has 2 saturated heterocycles. The van der Waals surface area contributed by atoms with Gasteiger partial charge in [0.25, 0.3) is 0 Å². The Hall–Kier alpha value is -1.88. The number of carbonyl (C=O) groups excluding carboxylic acids is 2. The first-order chi connectivity index (χ1) is 13.1. The molecule has 2 amide bonds. The quantitative estimate of drug-likeness (QED) is 0.705. The highest BCUT2D eigenvalue weighted by Gasteiger charge is 2.27. The topological polar surface area (TPSA) is 43.9 Å². The molecule has 1 aromatic carbocycles. The predicted molar refractivity (Wildman–Crippen MR) is 107 cm³/mol. The SMILES string of the molecule is CN(C(=O)CCN1CCCC1=O)C1CCCN(CCCc2ccccc2)C1. The monoisotopic (exact) mass is 371 g/mol. The van der Waals surface area contributed by atoms with Crippen LogP contribution >= 0.6 is 0 Å². The van der Waals surface area contributed by atoms with Gasteiger partial charge in [-0.15, -0.1) is 0 Å². The summed E-state index contributed by atoms with van der Waals surface area (Å²) in [7, 11) is 1.94. The van der Waals surface area contributed by atoms with Crippen LogP contribution in [0, 0.1) is 0 Å². The van der Waals surface area contributed by atoms with Crippen molar-refractivity contribution < 1.29 is 9.59 Å². The molecule has 3 rings (SSSR count). The van der Waals surface area contributed by atoms with Gasteiger partial charge in [0.15, 0.2) is 0 Å². The number of likely N-dealkylation sites (N-methyl/N-ethyl adjacent to an activating group) is 1. The zero-order valence-corrected chi connectivity index (χ0v) is 16.6. The van der Waals surface area contributed by atoms with Gasteiger partial charge < -0.3 is 14.7 Å². The molecule has 27 heavy (non-hydrogen) atoms. The molecule has 2 aliphatic rings. The minimum atomic E-state index is 0.172. The lowest BCUT2D eigenvalue weighted by molar-refractivity contribution is -0.134. The number of piperidine rings is 1. The average Bonchev–Trinajstić information content (AvgIpc) is 3.11. The lowest BCUT2D eigenvalue weighted by Gasteiger charge is -2.38. The Balaban J connectivity index is 1.39. The Kier molecular flexibility index (Phi) is 7.27. The van der Waals surface area contributed by atoms with E-state index in [1.165, 1.54) is 5.56 Å². The van der Waals surface area contributed by atoms with Gasteiger partial charge in [-0.05, 0) is 50.8 Å². The average molecular weight is 372 g/mol. The van der Waals surface area contributed by atoms with Crippen LogP contribution < -0.4 is 0 Å². The molecule has 5 heteroatoms. The molecular formula is C22H33N3O2. The van der Waals surface area contributed by atoms with Crippen LogP contribution in [-0.4, -0.2) is 72.3 Å². The molecule has 0 radical (unpaired) electrons. The molecule has 1 aromatic rings. The summed E-state index contributed by atoms with van der Waals surface area (Å²) >= 11 is 0. The van der Waals surface area contributed by atoms with Crippen molar-refractivity contribution in [3.8, 4) is 0 Å². The van der Waals surface area contributed by atoms with Crippen LogP contribution in [0.2, 0.25) is 0 Å². The zero-order valence-electron chi connectivity index (χ0n) is 16.6. The third kappa shape index (κ3) is 5.80. The number of amides is 2. The fourth-order valence-corrected chi connectivity index (χ4v) is 4.25. The molecular weight excluding hydrogens is 338 g/mol. The Morgan fingerprint density at radius 2 is 1.96 bits per heavy atom. The first kappa shape index (κ1) is 19.9. The van der Waals surface area contributed by atoms with E-state index < -0.39 is 0 Å². The van der Waals surface area contributed by atoms with Gasteiger partial charge in [-0.3, -0.25) is 9.59 Å². The van der Waals surface area contributed by atoms with Crippen molar-refractivity contribution >= 4 is 11.8 Å². The van der Waals surface area contributed by atoms with Crippen molar-refractivity contribution in [2.24, 2.45) is 0 Å². The fraction of sp³-hybridized carbons (Fsp3) is 0.636. The molecule has 2 aliphatic heterocycles. The lowest BCUT2D eigenvalue weighted by atomic mass is 10.0. The maximum Gasteiger partial charge on any atom is 0.224 e. The Morgan fingerprint density at radius 3 is 2.70 bits per heavy atom. The lowest BCUT2D eigenvalue weighted by Crippen LogP contribution is -2.49. The van der Waals surface area contributed by atoms with Crippen molar-refractivity contribution in [1.82, 2.24) is 14.7 Å². The van der Waals surface area contributed by atoms with E-state index >= 15 is 0 Å². The van der Waals surface area contributed by atoms with E-state index in [4.69, 9.17) is 0 Å². The second kappa shape index (κ2) is 9.88. The molecule has 2 fully saturated rings. The summed E-state index contributed by atoms with van der Waals surface area (Å²) in [6, 6.07) is 10.9. The zero-order chi connectivity index (χ0) is 19.1. The smallest absolute Gasteiger partial charge is 0.224 e. The van der Waals surface area contributed by atoms with Crippen LogP contribution in [0.1, 0.15) is 44.1 Å². The molecule has 0 N–H and O–H groups in total. The summed E-state index contributed by atoms with van der Waals surface area (Å²) in [4.78, 5) is 30.6. The van der Waals surface area contributed by atoms with E-state index in [9.17, 15) is 9.59 Å². The van der Waals surface area contributed by atoms with Crippen LogP contribution in [0.3, 0.4) is 0 Å². The molecule has 0 spiro atoms. The molecule has 1 unspecified atom stereocenters. The van der Waals surface area contributed by atoms with Gasteiger partial charge in [0.1, 0.15) is 0 Å². The maximum atomic E-state index is 12.6. The van der Waals surface area contributed by atoms with Crippen molar-refractivity contribution in [2.45, 2.75) is 51.0 Å². The molecule has 0 aliphatic carbocycles. The number of likely N-dealkylation sites (tertiary alicyclic amines) is 2. The van der Waals surface area contributed by atoms with Gasteiger partial charge in [0.05, 0.1) is 0 Å². The third-order valence-electron chi connectivity index (χ3n) is 5.97. The van der Waals surface area contributed by atoms with Crippen molar-refractivity contribution in [3.63, 3.8) is 0 Å². The molecule has 2 heterocycles. The van der Waals surface area contributed by atoms with Gasteiger partial charge >= 0.3 is 0 Å². The number of nitrogens with zero attached hydrogens (tertiary/aromatic N) is 3. The standard InChI is InChI=1S/C22H33N3O2/c1-23(21(26)13-17-25-16-7-12-22(25)27)20-11-6-15-24(18-20)14-5-10-19-8-3-2-4-9-19/h2-4,8-9,20H,5-7,10-18H2,1H3. The van der Waals surface area contributed by atoms with Gasteiger partial charge in [0, 0.05) is 45.6 Å².